The zero-order valence-corrected chi connectivity index (χ0v) is 17.3. The first-order chi connectivity index (χ1) is 14.6. The van der Waals surface area contributed by atoms with Gasteiger partial charge in [-0.3, -0.25) is 19.1 Å². The second-order valence-electron chi connectivity index (χ2n) is 7.58. The zero-order valence-electron chi connectivity index (χ0n) is 17.3. The predicted octanol–water partition coefficient (Wildman–Crippen LogP) is 1.64. The van der Waals surface area contributed by atoms with Crippen molar-refractivity contribution in [2.75, 3.05) is 44.2 Å². The van der Waals surface area contributed by atoms with Gasteiger partial charge in [0, 0.05) is 45.0 Å². The number of nitrogens with one attached hydrogen (secondary N) is 1. The number of anilines is 1. The number of piperazine rings is 1. The molecule has 7 nitrogen and oxygen atoms in total. The van der Waals surface area contributed by atoms with E-state index in [0.717, 1.165) is 32.7 Å². The largest absolute Gasteiger partial charge is 0.369 e. The maximum absolute atomic E-state index is 12.7. The van der Waals surface area contributed by atoms with Gasteiger partial charge in [-0.1, -0.05) is 30.3 Å². The molecule has 1 aliphatic rings. The Morgan fingerprint density at radius 3 is 2.47 bits per heavy atom. The summed E-state index contributed by atoms with van der Waals surface area (Å²) in [4.78, 5) is 34.3. The monoisotopic (exact) mass is 405 g/mol. The molecule has 0 atom stereocenters. The van der Waals surface area contributed by atoms with Crippen molar-refractivity contribution in [3.05, 3.63) is 70.8 Å². The number of nitrogens with zero attached hydrogens (tertiary/aromatic N) is 4. The number of aromatic nitrogens is 2. The van der Waals surface area contributed by atoms with Gasteiger partial charge >= 0.3 is 0 Å². The van der Waals surface area contributed by atoms with Crippen molar-refractivity contribution in [2.45, 2.75) is 13.5 Å². The molecular formula is C23H27N5O2. The highest BCUT2D eigenvalue weighted by atomic mass is 16.2. The van der Waals surface area contributed by atoms with Crippen molar-refractivity contribution in [2.24, 2.45) is 0 Å². The van der Waals surface area contributed by atoms with Crippen molar-refractivity contribution >= 4 is 22.5 Å². The lowest BCUT2D eigenvalue weighted by atomic mass is 10.2. The van der Waals surface area contributed by atoms with Crippen molar-refractivity contribution in [1.82, 2.24) is 19.8 Å². The van der Waals surface area contributed by atoms with Gasteiger partial charge in [0.2, 0.25) is 5.91 Å². The van der Waals surface area contributed by atoms with Gasteiger partial charge in [-0.05, 0) is 31.2 Å². The first-order valence-corrected chi connectivity index (χ1v) is 10.4. The summed E-state index contributed by atoms with van der Waals surface area (Å²) in [6, 6.07) is 17.7. The standard InChI is InChI=1S/C23H27N5O2/c1-18-25-21-10-6-5-9-20(21)23(30)28(18)17-22(29)24-11-12-26-13-15-27(16-14-26)19-7-3-2-4-8-19/h2-10H,11-17H2,1H3,(H,24,29). The number of hydrogen-bond donors (Lipinski definition) is 1. The van der Waals surface area contributed by atoms with Crippen LogP contribution in [0.25, 0.3) is 10.9 Å². The van der Waals surface area contributed by atoms with Crippen molar-refractivity contribution < 1.29 is 4.79 Å². The Hall–Kier alpha value is -3.19. The van der Waals surface area contributed by atoms with Crippen LogP contribution in [-0.4, -0.2) is 59.6 Å². The summed E-state index contributed by atoms with van der Waals surface area (Å²) >= 11 is 0. The number of rotatable bonds is 6. The number of aryl methyl sites for hydroxylation is 1. The molecule has 1 fully saturated rings. The number of carbonyl (C=O) groups is 1. The fourth-order valence-electron chi connectivity index (χ4n) is 3.89. The Kier molecular flexibility index (Phi) is 6.09. The molecule has 2 heterocycles. The molecule has 1 N–H and O–H groups in total. The molecule has 0 bridgehead atoms. The van der Waals surface area contributed by atoms with Gasteiger partial charge in [-0.15, -0.1) is 0 Å². The van der Waals surface area contributed by atoms with E-state index in [1.165, 1.54) is 10.3 Å². The Bertz CT molecular complexity index is 1070. The van der Waals surface area contributed by atoms with Gasteiger partial charge in [-0.2, -0.15) is 0 Å². The molecule has 0 spiro atoms. The van der Waals surface area contributed by atoms with Crippen LogP contribution in [0.2, 0.25) is 0 Å². The second kappa shape index (κ2) is 9.09. The highest BCUT2D eigenvalue weighted by molar-refractivity contribution is 5.79. The summed E-state index contributed by atoms with van der Waals surface area (Å²) < 4.78 is 1.44. The van der Waals surface area contributed by atoms with Crippen molar-refractivity contribution in [3.63, 3.8) is 0 Å². The molecule has 0 unspecified atom stereocenters. The maximum Gasteiger partial charge on any atom is 0.261 e. The van der Waals surface area contributed by atoms with Crippen LogP contribution in [-0.2, 0) is 11.3 Å². The van der Waals surface area contributed by atoms with Gasteiger partial charge in [0.1, 0.15) is 12.4 Å². The third kappa shape index (κ3) is 4.52. The molecule has 7 heteroatoms. The average molecular weight is 406 g/mol. The summed E-state index contributed by atoms with van der Waals surface area (Å²) in [5, 5.41) is 3.48. The van der Waals surface area contributed by atoms with Crippen LogP contribution in [0.4, 0.5) is 5.69 Å². The fraction of sp³-hybridized carbons (Fsp3) is 0.348. The maximum atomic E-state index is 12.7. The van der Waals surface area contributed by atoms with E-state index >= 15 is 0 Å². The summed E-state index contributed by atoms with van der Waals surface area (Å²) in [5.41, 5.74) is 1.74. The van der Waals surface area contributed by atoms with Crippen LogP contribution < -0.4 is 15.8 Å². The molecular weight excluding hydrogens is 378 g/mol. The van der Waals surface area contributed by atoms with E-state index in [1.807, 2.05) is 24.3 Å². The van der Waals surface area contributed by atoms with Crippen LogP contribution in [0.3, 0.4) is 0 Å². The highest BCUT2D eigenvalue weighted by Gasteiger charge is 2.17. The molecule has 156 valence electrons. The number of para-hydroxylation sites is 2. The van der Waals surface area contributed by atoms with E-state index in [9.17, 15) is 9.59 Å². The normalized spacial score (nSPS) is 14.8. The topological polar surface area (TPSA) is 70.5 Å². The predicted molar refractivity (Wildman–Crippen MR) is 119 cm³/mol. The summed E-state index contributed by atoms with van der Waals surface area (Å²) in [6.07, 6.45) is 0. The number of amides is 1. The fourth-order valence-corrected chi connectivity index (χ4v) is 3.89. The van der Waals surface area contributed by atoms with E-state index in [2.05, 4.69) is 44.4 Å². The van der Waals surface area contributed by atoms with Crippen LogP contribution in [0.15, 0.2) is 59.4 Å². The van der Waals surface area contributed by atoms with Gasteiger partial charge < -0.3 is 10.2 Å². The first kappa shape index (κ1) is 20.1. The minimum Gasteiger partial charge on any atom is -0.369 e. The molecule has 4 rings (SSSR count). The molecule has 3 aromatic rings. The molecule has 30 heavy (non-hydrogen) atoms. The number of benzene rings is 2. The van der Waals surface area contributed by atoms with Gasteiger partial charge in [0.25, 0.3) is 5.56 Å². The Morgan fingerprint density at radius 2 is 1.70 bits per heavy atom. The summed E-state index contributed by atoms with van der Waals surface area (Å²) in [5.74, 6) is 0.381. The zero-order chi connectivity index (χ0) is 20.9. The summed E-state index contributed by atoms with van der Waals surface area (Å²) in [7, 11) is 0. The highest BCUT2D eigenvalue weighted by Crippen LogP contribution is 2.15. The number of hydrogen-bond acceptors (Lipinski definition) is 5. The van der Waals surface area contributed by atoms with Crippen molar-refractivity contribution in [1.29, 1.82) is 0 Å². The Labute approximate surface area is 175 Å². The van der Waals surface area contributed by atoms with Crippen LogP contribution in [0.5, 0.6) is 0 Å². The van der Waals surface area contributed by atoms with Gasteiger partial charge in [0.05, 0.1) is 10.9 Å². The molecule has 1 aliphatic heterocycles. The minimum absolute atomic E-state index is 0.00964. The quantitative estimate of drug-likeness (QED) is 0.675. The SMILES string of the molecule is Cc1nc2ccccc2c(=O)n1CC(=O)NCCN1CCN(c2ccccc2)CC1. The van der Waals surface area contributed by atoms with E-state index < -0.39 is 0 Å². The van der Waals surface area contributed by atoms with Crippen LogP contribution in [0.1, 0.15) is 5.82 Å². The lowest BCUT2D eigenvalue weighted by Gasteiger charge is -2.36. The summed E-state index contributed by atoms with van der Waals surface area (Å²) in [6.45, 7) is 7.02. The molecule has 2 aromatic carbocycles. The Morgan fingerprint density at radius 1 is 1.00 bits per heavy atom. The lowest BCUT2D eigenvalue weighted by molar-refractivity contribution is -0.121. The third-order valence-corrected chi connectivity index (χ3v) is 5.60. The molecule has 1 aromatic heterocycles. The molecule has 0 radical (unpaired) electrons. The van der Waals surface area contributed by atoms with Crippen LogP contribution >= 0.6 is 0 Å². The van der Waals surface area contributed by atoms with E-state index in [4.69, 9.17) is 0 Å². The van der Waals surface area contributed by atoms with Crippen molar-refractivity contribution in [3.8, 4) is 0 Å². The Balaban J connectivity index is 1.26. The minimum atomic E-state index is -0.176. The van der Waals surface area contributed by atoms with E-state index in [1.54, 1.807) is 13.0 Å². The van der Waals surface area contributed by atoms with E-state index in [0.29, 0.717) is 23.3 Å². The third-order valence-electron chi connectivity index (χ3n) is 5.60. The first-order valence-electron chi connectivity index (χ1n) is 10.4. The van der Waals surface area contributed by atoms with Crippen LogP contribution in [0, 0.1) is 6.92 Å². The lowest BCUT2D eigenvalue weighted by Crippen LogP contribution is -2.48. The average Bonchev–Trinajstić information content (AvgIpc) is 2.78. The molecule has 0 saturated carbocycles. The number of carbonyl (C=O) groups excluding carboxylic acids is 1. The number of fused-ring (bicyclic) bond motifs is 1. The molecule has 0 aliphatic carbocycles. The van der Waals surface area contributed by atoms with E-state index in [-0.39, 0.29) is 18.0 Å². The smallest absolute Gasteiger partial charge is 0.261 e. The second-order valence-corrected chi connectivity index (χ2v) is 7.58. The van der Waals surface area contributed by atoms with Gasteiger partial charge in [0.15, 0.2) is 0 Å². The van der Waals surface area contributed by atoms with Gasteiger partial charge in [-0.25, -0.2) is 4.98 Å². The molecule has 1 amide bonds. The molecule has 1 saturated heterocycles.